The maximum atomic E-state index is 11.2. The molecular formula is C20H40NO2+. The number of nitrogens with zero attached hydrogens (tertiary/aromatic N) is 1. The summed E-state index contributed by atoms with van der Waals surface area (Å²) in [6.07, 6.45) is 12.8. The minimum Gasteiger partial charge on any atom is -0.462 e. The second kappa shape index (κ2) is 13.6. The Hall–Kier alpha value is -0.830. The zero-order chi connectivity index (χ0) is 17.6. The molecule has 3 nitrogen and oxygen atoms in total. The highest BCUT2D eigenvalue weighted by Gasteiger charge is 2.13. The first kappa shape index (κ1) is 22.2. The molecule has 0 aliphatic heterocycles. The van der Waals surface area contributed by atoms with Gasteiger partial charge in [-0.3, -0.25) is 0 Å². The van der Waals surface area contributed by atoms with Gasteiger partial charge in [-0.1, -0.05) is 39.2 Å². The van der Waals surface area contributed by atoms with Crippen molar-refractivity contribution in [3.05, 3.63) is 12.2 Å². The highest BCUT2D eigenvalue weighted by molar-refractivity contribution is 5.86. The molecule has 0 saturated carbocycles. The number of hydrogen-bond acceptors (Lipinski definition) is 2. The summed E-state index contributed by atoms with van der Waals surface area (Å²) in [5, 5.41) is 0. The largest absolute Gasteiger partial charge is 0.462 e. The molecule has 0 radical (unpaired) electrons. The van der Waals surface area contributed by atoms with Crippen LogP contribution in [-0.4, -0.2) is 44.2 Å². The summed E-state index contributed by atoms with van der Waals surface area (Å²) in [6.45, 7) is 10.6. The van der Waals surface area contributed by atoms with Gasteiger partial charge < -0.3 is 9.22 Å². The fraction of sp³-hybridized carbons (Fsp3) is 0.850. The first-order chi connectivity index (χ1) is 10.9. The topological polar surface area (TPSA) is 26.3 Å². The van der Waals surface area contributed by atoms with E-state index in [0.717, 1.165) is 17.3 Å². The molecule has 23 heavy (non-hydrogen) atoms. The molecule has 0 aromatic carbocycles. The fourth-order valence-corrected chi connectivity index (χ4v) is 2.72. The predicted molar refractivity (Wildman–Crippen MR) is 99.5 cm³/mol. The van der Waals surface area contributed by atoms with Crippen molar-refractivity contribution in [2.24, 2.45) is 0 Å². The molecule has 0 amide bonds. The first-order valence-electron chi connectivity index (χ1n) is 9.53. The van der Waals surface area contributed by atoms with Gasteiger partial charge in [-0.15, -0.1) is 0 Å². The molecule has 0 atom stereocenters. The normalized spacial score (nSPS) is 11.5. The zero-order valence-electron chi connectivity index (χ0n) is 16.2. The molecule has 0 fully saturated rings. The van der Waals surface area contributed by atoms with Crippen LogP contribution >= 0.6 is 0 Å². The van der Waals surface area contributed by atoms with Gasteiger partial charge in [-0.25, -0.2) is 4.79 Å². The summed E-state index contributed by atoms with van der Waals surface area (Å²) in [4.78, 5) is 11.2. The summed E-state index contributed by atoms with van der Waals surface area (Å²) in [6, 6.07) is 0. The third kappa shape index (κ3) is 14.5. The predicted octanol–water partition coefficient (Wildman–Crippen LogP) is 5.10. The van der Waals surface area contributed by atoms with Gasteiger partial charge in [-0.05, 0) is 45.4 Å². The second-order valence-electron chi connectivity index (χ2n) is 7.48. The molecule has 3 heteroatoms. The van der Waals surface area contributed by atoms with Crippen molar-refractivity contribution in [2.45, 2.75) is 78.1 Å². The molecule has 0 rings (SSSR count). The Morgan fingerprint density at radius 2 is 1.35 bits per heavy atom. The smallest absolute Gasteiger partial charge is 0.333 e. The third-order valence-electron chi connectivity index (χ3n) is 4.36. The fourth-order valence-electron chi connectivity index (χ4n) is 2.72. The average molecular weight is 327 g/mol. The van der Waals surface area contributed by atoms with Gasteiger partial charge >= 0.3 is 5.97 Å². The van der Waals surface area contributed by atoms with Crippen molar-refractivity contribution in [1.82, 2.24) is 0 Å². The maximum absolute atomic E-state index is 11.2. The number of carbonyl (C=O) groups excluding carboxylic acids is 1. The molecule has 0 heterocycles. The van der Waals surface area contributed by atoms with E-state index in [-0.39, 0.29) is 5.97 Å². The molecular weight excluding hydrogens is 286 g/mol. The molecule has 0 aromatic heterocycles. The first-order valence-corrected chi connectivity index (χ1v) is 9.53. The van der Waals surface area contributed by atoms with Crippen LogP contribution in [0.2, 0.25) is 0 Å². The van der Waals surface area contributed by atoms with Crippen LogP contribution in [0.1, 0.15) is 78.1 Å². The molecule has 0 aromatic rings. The van der Waals surface area contributed by atoms with Crippen molar-refractivity contribution in [2.75, 3.05) is 33.8 Å². The Labute approximate surface area is 144 Å². The second-order valence-corrected chi connectivity index (χ2v) is 7.48. The van der Waals surface area contributed by atoms with Gasteiger partial charge in [0.05, 0.1) is 33.8 Å². The molecule has 0 N–H and O–H groups in total. The molecule has 0 bridgehead atoms. The van der Waals surface area contributed by atoms with Crippen LogP contribution in [-0.2, 0) is 9.53 Å². The van der Waals surface area contributed by atoms with Gasteiger partial charge in [0, 0.05) is 5.57 Å². The van der Waals surface area contributed by atoms with Crippen LogP contribution in [0.4, 0.5) is 0 Å². The van der Waals surface area contributed by atoms with E-state index in [4.69, 9.17) is 4.74 Å². The number of rotatable bonds is 15. The summed E-state index contributed by atoms with van der Waals surface area (Å²) >= 11 is 0. The highest BCUT2D eigenvalue weighted by Crippen LogP contribution is 2.10. The van der Waals surface area contributed by atoms with Gasteiger partial charge in [0.15, 0.2) is 0 Å². The van der Waals surface area contributed by atoms with Crippen LogP contribution in [0.25, 0.3) is 0 Å². The quantitative estimate of drug-likeness (QED) is 0.181. The molecule has 136 valence electrons. The Morgan fingerprint density at radius 1 is 0.870 bits per heavy atom. The van der Waals surface area contributed by atoms with E-state index >= 15 is 0 Å². The molecule has 0 saturated heterocycles. The molecule has 0 aliphatic carbocycles. The number of unbranched alkanes of at least 4 members (excludes halogenated alkanes) is 8. The Balaban J connectivity index is 3.47. The number of hydrogen-bond donors (Lipinski definition) is 0. The monoisotopic (exact) mass is 326 g/mol. The van der Waals surface area contributed by atoms with Crippen LogP contribution in [0.5, 0.6) is 0 Å². The van der Waals surface area contributed by atoms with E-state index in [1.54, 1.807) is 6.92 Å². The summed E-state index contributed by atoms with van der Waals surface area (Å²) < 4.78 is 6.24. The number of esters is 1. The SMILES string of the molecule is C=C(C)C(=O)OCCCCCC[N+](C)(C)CCCCCCCC. The van der Waals surface area contributed by atoms with Gasteiger partial charge in [-0.2, -0.15) is 0 Å². The maximum Gasteiger partial charge on any atom is 0.333 e. The van der Waals surface area contributed by atoms with Crippen molar-refractivity contribution in [3.63, 3.8) is 0 Å². The summed E-state index contributed by atoms with van der Waals surface area (Å²) in [7, 11) is 4.70. The van der Waals surface area contributed by atoms with Gasteiger partial charge in [0.2, 0.25) is 0 Å². The molecule has 0 unspecified atom stereocenters. The summed E-state index contributed by atoms with van der Waals surface area (Å²) in [5.41, 5.74) is 0.485. The van der Waals surface area contributed by atoms with E-state index in [1.807, 2.05) is 0 Å². The highest BCUT2D eigenvalue weighted by atomic mass is 16.5. The van der Waals surface area contributed by atoms with E-state index in [0.29, 0.717) is 12.2 Å². The van der Waals surface area contributed by atoms with Crippen molar-refractivity contribution in [3.8, 4) is 0 Å². The van der Waals surface area contributed by atoms with E-state index in [1.165, 1.54) is 64.5 Å². The van der Waals surface area contributed by atoms with Crippen LogP contribution in [0.15, 0.2) is 12.2 Å². The van der Waals surface area contributed by atoms with Crippen molar-refractivity contribution in [1.29, 1.82) is 0 Å². The number of carbonyl (C=O) groups is 1. The Morgan fingerprint density at radius 3 is 1.87 bits per heavy atom. The van der Waals surface area contributed by atoms with Crippen LogP contribution < -0.4 is 0 Å². The Kier molecular flexibility index (Phi) is 13.1. The zero-order valence-corrected chi connectivity index (χ0v) is 16.2. The third-order valence-corrected chi connectivity index (χ3v) is 4.36. The van der Waals surface area contributed by atoms with E-state index in [2.05, 4.69) is 27.6 Å². The molecule has 0 aliphatic rings. The van der Waals surface area contributed by atoms with Gasteiger partial charge in [0.1, 0.15) is 0 Å². The van der Waals surface area contributed by atoms with Crippen LogP contribution in [0.3, 0.4) is 0 Å². The lowest BCUT2D eigenvalue weighted by Gasteiger charge is -2.30. The lowest BCUT2D eigenvalue weighted by Crippen LogP contribution is -2.41. The van der Waals surface area contributed by atoms with Crippen LogP contribution in [0, 0.1) is 0 Å². The van der Waals surface area contributed by atoms with Crippen molar-refractivity contribution < 1.29 is 14.0 Å². The van der Waals surface area contributed by atoms with Crippen molar-refractivity contribution >= 4 is 5.97 Å². The van der Waals surface area contributed by atoms with Gasteiger partial charge in [0.25, 0.3) is 0 Å². The average Bonchev–Trinajstić information content (AvgIpc) is 2.49. The minimum absolute atomic E-state index is 0.262. The molecule has 0 spiro atoms. The number of quaternary nitrogens is 1. The standard InChI is InChI=1S/C20H40NO2/c1-6-7-8-9-10-13-16-21(4,5)17-14-11-12-15-18-23-20(22)19(2)3/h2,6-18H2,1,3-5H3/q+1. The number of ether oxygens (including phenoxy) is 1. The Bertz CT molecular complexity index is 324. The summed E-state index contributed by atoms with van der Waals surface area (Å²) in [5.74, 6) is -0.262. The van der Waals surface area contributed by atoms with E-state index < -0.39 is 0 Å². The minimum atomic E-state index is -0.262. The lowest BCUT2D eigenvalue weighted by molar-refractivity contribution is -0.890. The van der Waals surface area contributed by atoms with E-state index in [9.17, 15) is 4.79 Å². The lowest BCUT2D eigenvalue weighted by atomic mass is 10.1.